The lowest BCUT2D eigenvalue weighted by Gasteiger charge is -2.66. The first-order chi connectivity index (χ1) is 13.2. The van der Waals surface area contributed by atoms with Crippen LogP contribution in [0.5, 0.6) is 0 Å². The summed E-state index contributed by atoms with van der Waals surface area (Å²) in [5.74, 6) is 0.461. The molecular weight excluding hydrogens is 354 g/mol. The highest BCUT2D eigenvalue weighted by atomic mass is 16.5. The maximum absolute atomic E-state index is 12.6. The van der Waals surface area contributed by atoms with Crippen molar-refractivity contribution in [3.05, 3.63) is 0 Å². The van der Waals surface area contributed by atoms with E-state index in [1.165, 1.54) is 33.3 Å². The van der Waals surface area contributed by atoms with Crippen LogP contribution in [0.15, 0.2) is 4.99 Å². The van der Waals surface area contributed by atoms with Crippen LogP contribution < -0.4 is 0 Å². The number of rotatable bonds is 2. The number of carbonyl (C=O) groups is 2. The third-order valence-corrected chi connectivity index (χ3v) is 9.01. The van der Waals surface area contributed by atoms with Gasteiger partial charge in [0.15, 0.2) is 0 Å². The lowest BCUT2D eigenvalue weighted by Crippen LogP contribution is -2.66. The fraction of sp³-hybridized carbons (Fsp3) is 0.870. The minimum absolute atomic E-state index is 0.0749. The van der Waals surface area contributed by atoms with Gasteiger partial charge < -0.3 is 9.47 Å². The zero-order valence-electron chi connectivity index (χ0n) is 18.0. The highest BCUT2D eigenvalue weighted by molar-refractivity contribution is 5.78. The van der Waals surface area contributed by atoms with E-state index in [2.05, 4.69) is 27.0 Å². The molecule has 5 nitrogen and oxygen atoms in total. The molecule has 3 aliphatic carbocycles. The molecule has 0 bridgehead atoms. The van der Waals surface area contributed by atoms with Gasteiger partial charge in [0.25, 0.3) is 0 Å². The topological polar surface area (TPSA) is 65.0 Å². The molecule has 3 fully saturated rings. The number of fused-ring (bicyclic) bond motifs is 2. The molecule has 4 rings (SSSR count). The molecule has 7 unspecified atom stereocenters. The van der Waals surface area contributed by atoms with E-state index in [1.807, 2.05) is 0 Å². The molecule has 1 spiro atoms. The van der Waals surface area contributed by atoms with Crippen molar-refractivity contribution >= 4 is 18.2 Å². The highest BCUT2D eigenvalue weighted by Crippen LogP contribution is 2.70. The van der Waals surface area contributed by atoms with Gasteiger partial charge in [0.2, 0.25) is 0 Å². The van der Waals surface area contributed by atoms with Crippen molar-refractivity contribution < 1.29 is 19.1 Å². The molecule has 0 amide bonds. The minimum atomic E-state index is -0.332. The SMILES string of the molecule is COC(=O)C1CCC2C3(C)CCCC(C)(C)C3CC(OC(C)=O)C23C=NCC13. The van der Waals surface area contributed by atoms with Crippen molar-refractivity contribution in [3.8, 4) is 0 Å². The van der Waals surface area contributed by atoms with Gasteiger partial charge in [0.1, 0.15) is 6.10 Å². The summed E-state index contributed by atoms with van der Waals surface area (Å²) in [6.07, 6.45) is 8.27. The highest BCUT2D eigenvalue weighted by Gasteiger charge is 2.69. The maximum atomic E-state index is 12.6. The molecule has 0 N–H and O–H groups in total. The Morgan fingerprint density at radius 3 is 2.54 bits per heavy atom. The summed E-state index contributed by atoms with van der Waals surface area (Å²) in [7, 11) is 1.47. The number of carbonyl (C=O) groups excluding carboxylic acids is 2. The normalized spacial score (nSPS) is 46.1. The first kappa shape index (κ1) is 19.9. The van der Waals surface area contributed by atoms with Crippen LogP contribution >= 0.6 is 0 Å². The smallest absolute Gasteiger partial charge is 0.309 e. The van der Waals surface area contributed by atoms with E-state index in [0.29, 0.717) is 18.4 Å². The Morgan fingerprint density at radius 1 is 1.11 bits per heavy atom. The summed E-state index contributed by atoms with van der Waals surface area (Å²) in [6, 6.07) is 0. The number of methoxy groups -OCH3 is 1. The first-order valence-electron chi connectivity index (χ1n) is 10.9. The summed E-state index contributed by atoms with van der Waals surface area (Å²) < 4.78 is 11.2. The predicted molar refractivity (Wildman–Crippen MR) is 107 cm³/mol. The van der Waals surface area contributed by atoms with Gasteiger partial charge in [-0.2, -0.15) is 0 Å². The second-order valence-corrected chi connectivity index (χ2v) is 10.6. The van der Waals surface area contributed by atoms with Gasteiger partial charge >= 0.3 is 11.9 Å². The van der Waals surface area contributed by atoms with Gasteiger partial charge in [0.05, 0.1) is 18.4 Å². The number of nitrogens with zero attached hydrogens (tertiary/aromatic N) is 1. The molecular formula is C23H35NO4. The molecule has 0 aromatic carbocycles. The van der Waals surface area contributed by atoms with E-state index in [4.69, 9.17) is 14.5 Å². The summed E-state index contributed by atoms with van der Waals surface area (Å²) >= 11 is 0. The number of hydrogen-bond donors (Lipinski definition) is 0. The monoisotopic (exact) mass is 389 g/mol. The Labute approximate surface area is 168 Å². The van der Waals surface area contributed by atoms with Crippen molar-refractivity contribution in [1.82, 2.24) is 0 Å². The van der Waals surface area contributed by atoms with Crippen LogP contribution in [0.3, 0.4) is 0 Å². The summed E-state index contributed by atoms with van der Waals surface area (Å²) in [4.78, 5) is 29.4. The predicted octanol–water partition coefficient (Wildman–Crippen LogP) is 4.04. The molecule has 3 saturated carbocycles. The van der Waals surface area contributed by atoms with Crippen LogP contribution in [-0.2, 0) is 19.1 Å². The van der Waals surface area contributed by atoms with Gasteiger partial charge in [-0.3, -0.25) is 14.6 Å². The van der Waals surface area contributed by atoms with Crippen LogP contribution in [0, 0.1) is 39.9 Å². The molecule has 0 aromatic rings. The van der Waals surface area contributed by atoms with E-state index in [-0.39, 0.29) is 46.1 Å². The largest absolute Gasteiger partial charge is 0.469 e. The van der Waals surface area contributed by atoms with Crippen molar-refractivity contribution in [2.75, 3.05) is 13.7 Å². The van der Waals surface area contributed by atoms with Crippen LogP contribution in [0.4, 0.5) is 0 Å². The summed E-state index contributed by atoms with van der Waals surface area (Å²) in [6.45, 7) is 9.39. The second kappa shape index (κ2) is 6.56. The second-order valence-electron chi connectivity index (χ2n) is 10.6. The average molecular weight is 390 g/mol. The zero-order chi connectivity index (χ0) is 20.3. The lowest BCUT2D eigenvalue weighted by molar-refractivity contribution is -0.213. The zero-order valence-corrected chi connectivity index (χ0v) is 18.0. The molecule has 1 aliphatic heterocycles. The van der Waals surface area contributed by atoms with Crippen molar-refractivity contribution in [1.29, 1.82) is 0 Å². The molecule has 1 heterocycles. The van der Waals surface area contributed by atoms with E-state index < -0.39 is 0 Å². The van der Waals surface area contributed by atoms with Gasteiger partial charge in [-0.05, 0) is 54.8 Å². The number of ether oxygens (including phenoxy) is 2. The number of aliphatic imine (C=N–C) groups is 1. The fourth-order valence-electron chi connectivity index (χ4n) is 8.02. The number of hydrogen-bond acceptors (Lipinski definition) is 5. The standard InChI is InChI=1S/C23H35NO4/c1-14(25)28-19-11-18-21(2,3)9-6-10-22(18,4)17-8-7-15(20(26)27-5)16-12-24-13-23(16,17)19/h13,15-19H,6-12H2,1-5H3. The summed E-state index contributed by atoms with van der Waals surface area (Å²) in [5, 5.41) is 0. The van der Waals surface area contributed by atoms with Gasteiger partial charge in [0, 0.05) is 25.6 Å². The Balaban J connectivity index is 1.82. The van der Waals surface area contributed by atoms with Gasteiger partial charge in [-0.1, -0.05) is 27.2 Å². The molecule has 0 aromatic heterocycles. The Hall–Kier alpha value is -1.39. The van der Waals surface area contributed by atoms with Gasteiger partial charge in [-0.15, -0.1) is 0 Å². The average Bonchev–Trinajstić information content (AvgIpc) is 3.06. The fourth-order valence-corrected chi connectivity index (χ4v) is 8.02. The quantitative estimate of drug-likeness (QED) is 0.669. The Bertz CT molecular complexity index is 701. The third kappa shape index (κ3) is 2.60. The maximum Gasteiger partial charge on any atom is 0.309 e. The lowest BCUT2D eigenvalue weighted by atomic mass is 9.38. The van der Waals surface area contributed by atoms with E-state index in [0.717, 1.165) is 19.3 Å². The molecule has 156 valence electrons. The molecule has 5 heteroatoms. The third-order valence-electron chi connectivity index (χ3n) is 9.01. The van der Waals surface area contributed by atoms with Crippen LogP contribution in [-0.4, -0.2) is 37.9 Å². The molecule has 0 saturated heterocycles. The molecule has 28 heavy (non-hydrogen) atoms. The van der Waals surface area contributed by atoms with E-state index in [1.54, 1.807) is 0 Å². The van der Waals surface area contributed by atoms with Gasteiger partial charge in [-0.25, -0.2) is 0 Å². The van der Waals surface area contributed by atoms with Crippen LogP contribution in [0.1, 0.15) is 66.2 Å². The molecule has 4 aliphatic rings. The van der Waals surface area contributed by atoms with E-state index >= 15 is 0 Å². The Morgan fingerprint density at radius 2 is 1.86 bits per heavy atom. The van der Waals surface area contributed by atoms with Crippen molar-refractivity contribution in [2.45, 2.75) is 72.3 Å². The van der Waals surface area contributed by atoms with Crippen LogP contribution in [0.2, 0.25) is 0 Å². The Kier molecular flexibility index (Phi) is 4.67. The first-order valence-corrected chi connectivity index (χ1v) is 10.9. The van der Waals surface area contributed by atoms with Crippen LogP contribution in [0.25, 0.3) is 0 Å². The number of esters is 2. The summed E-state index contributed by atoms with van der Waals surface area (Å²) in [5.41, 5.74) is 0.0903. The van der Waals surface area contributed by atoms with E-state index in [9.17, 15) is 9.59 Å². The minimum Gasteiger partial charge on any atom is -0.469 e. The molecule has 7 atom stereocenters. The van der Waals surface area contributed by atoms with Crippen molar-refractivity contribution in [2.24, 2.45) is 44.9 Å². The molecule has 0 radical (unpaired) electrons. The van der Waals surface area contributed by atoms with Crippen molar-refractivity contribution in [3.63, 3.8) is 0 Å².